The first-order chi connectivity index (χ1) is 7.13. The molecule has 0 aliphatic carbocycles. The van der Waals surface area contributed by atoms with Crippen LogP contribution < -0.4 is 5.48 Å². The maximum absolute atomic E-state index is 11.3. The number of benzene rings is 1. The summed E-state index contributed by atoms with van der Waals surface area (Å²) in [6, 6.07) is 8.22. The van der Waals surface area contributed by atoms with E-state index in [-0.39, 0.29) is 11.8 Å². The number of hydrogen-bond donors (Lipinski definition) is 1. The number of rotatable bonds is 4. The van der Waals surface area contributed by atoms with Gasteiger partial charge in [-0.3, -0.25) is 9.63 Å². The van der Waals surface area contributed by atoms with Gasteiger partial charge < -0.3 is 0 Å². The van der Waals surface area contributed by atoms with Crippen molar-refractivity contribution >= 4 is 5.91 Å². The molecule has 1 unspecified atom stereocenters. The van der Waals surface area contributed by atoms with Crippen LogP contribution in [0, 0.1) is 6.92 Å². The first-order valence-electron chi connectivity index (χ1n) is 5.02. The molecule has 0 saturated carbocycles. The molecule has 0 spiro atoms. The van der Waals surface area contributed by atoms with Gasteiger partial charge in [-0.15, -0.1) is 0 Å². The Morgan fingerprint density at radius 2 is 2.00 bits per heavy atom. The molecule has 0 aliphatic rings. The van der Waals surface area contributed by atoms with Gasteiger partial charge in [-0.1, -0.05) is 36.8 Å². The topological polar surface area (TPSA) is 38.3 Å². The number of hydrogen-bond acceptors (Lipinski definition) is 2. The van der Waals surface area contributed by atoms with Crippen LogP contribution in [0.3, 0.4) is 0 Å². The molecule has 0 heterocycles. The Bertz CT molecular complexity index is 319. The van der Waals surface area contributed by atoms with Gasteiger partial charge >= 0.3 is 0 Å². The van der Waals surface area contributed by atoms with E-state index in [0.29, 0.717) is 6.42 Å². The van der Waals surface area contributed by atoms with Crippen molar-refractivity contribution in [1.82, 2.24) is 5.48 Å². The van der Waals surface area contributed by atoms with Crippen molar-refractivity contribution < 1.29 is 9.63 Å². The standard InChI is InChI=1S/C12H17NO2/c1-9-4-6-11(7-5-9)10(2)8-12(14)13-15-3/h4-7,10H,8H2,1-3H3,(H,13,14). The Balaban J connectivity index is 2.57. The third kappa shape index (κ3) is 3.72. The van der Waals surface area contributed by atoms with E-state index >= 15 is 0 Å². The monoisotopic (exact) mass is 207 g/mol. The molecule has 3 nitrogen and oxygen atoms in total. The summed E-state index contributed by atoms with van der Waals surface area (Å²) in [7, 11) is 1.44. The Labute approximate surface area is 90.4 Å². The van der Waals surface area contributed by atoms with Crippen molar-refractivity contribution in [3.63, 3.8) is 0 Å². The molecule has 0 bridgehead atoms. The summed E-state index contributed by atoms with van der Waals surface area (Å²) in [5.74, 6) is 0.117. The number of carbonyl (C=O) groups excluding carboxylic acids is 1. The van der Waals surface area contributed by atoms with Crippen molar-refractivity contribution in [2.45, 2.75) is 26.2 Å². The van der Waals surface area contributed by atoms with E-state index in [9.17, 15) is 4.79 Å². The van der Waals surface area contributed by atoms with Crippen LogP contribution in [-0.2, 0) is 9.63 Å². The number of aryl methyl sites for hydroxylation is 1. The second kappa shape index (κ2) is 5.51. The third-order valence-electron chi connectivity index (χ3n) is 2.35. The van der Waals surface area contributed by atoms with Crippen LogP contribution in [0.25, 0.3) is 0 Å². The van der Waals surface area contributed by atoms with Gasteiger partial charge in [-0.25, -0.2) is 5.48 Å². The fourth-order valence-corrected chi connectivity index (χ4v) is 1.45. The van der Waals surface area contributed by atoms with Crippen LogP contribution in [0.1, 0.15) is 30.4 Å². The summed E-state index contributed by atoms with van der Waals surface area (Å²) in [6.45, 7) is 4.08. The fourth-order valence-electron chi connectivity index (χ4n) is 1.45. The van der Waals surface area contributed by atoms with Crippen molar-refractivity contribution in [2.24, 2.45) is 0 Å². The second-order valence-electron chi connectivity index (χ2n) is 3.75. The van der Waals surface area contributed by atoms with Crippen LogP contribution >= 0.6 is 0 Å². The number of amides is 1. The van der Waals surface area contributed by atoms with Gasteiger partial charge in [-0.2, -0.15) is 0 Å². The molecule has 0 aromatic heterocycles. The predicted molar refractivity (Wildman–Crippen MR) is 59.4 cm³/mol. The number of nitrogens with one attached hydrogen (secondary N) is 1. The molecule has 1 rings (SSSR count). The highest BCUT2D eigenvalue weighted by atomic mass is 16.6. The molecule has 15 heavy (non-hydrogen) atoms. The highest BCUT2D eigenvalue weighted by Crippen LogP contribution is 2.18. The molecule has 1 N–H and O–H groups in total. The molecular weight excluding hydrogens is 190 g/mol. The van der Waals surface area contributed by atoms with Gasteiger partial charge in [0.15, 0.2) is 0 Å². The highest BCUT2D eigenvalue weighted by molar-refractivity contribution is 5.75. The maximum atomic E-state index is 11.3. The third-order valence-corrected chi connectivity index (χ3v) is 2.35. The lowest BCUT2D eigenvalue weighted by molar-refractivity contribution is -0.131. The summed E-state index contributed by atoms with van der Waals surface area (Å²) in [6.07, 6.45) is 0.441. The Morgan fingerprint density at radius 1 is 1.40 bits per heavy atom. The Morgan fingerprint density at radius 3 is 2.53 bits per heavy atom. The lowest BCUT2D eigenvalue weighted by atomic mass is 9.97. The van der Waals surface area contributed by atoms with Crippen LogP contribution in [-0.4, -0.2) is 13.0 Å². The highest BCUT2D eigenvalue weighted by Gasteiger charge is 2.10. The average Bonchev–Trinajstić information content (AvgIpc) is 2.18. The normalized spacial score (nSPS) is 12.2. The lowest BCUT2D eigenvalue weighted by Gasteiger charge is -2.11. The van der Waals surface area contributed by atoms with Crippen molar-refractivity contribution in [3.05, 3.63) is 35.4 Å². The van der Waals surface area contributed by atoms with Gasteiger partial charge in [-0.05, 0) is 18.4 Å². The van der Waals surface area contributed by atoms with E-state index in [0.717, 1.165) is 0 Å². The zero-order chi connectivity index (χ0) is 11.3. The minimum absolute atomic E-state index is 0.0921. The molecule has 3 heteroatoms. The zero-order valence-corrected chi connectivity index (χ0v) is 9.41. The van der Waals surface area contributed by atoms with Gasteiger partial charge in [0.25, 0.3) is 0 Å². The van der Waals surface area contributed by atoms with E-state index in [1.54, 1.807) is 0 Å². The number of hydroxylamine groups is 1. The van der Waals surface area contributed by atoms with E-state index in [1.165, 1.54) is 18.2 Å². The Kier molecular flexibility index (Phi) is 4.31. The molecule has 1 amide bonds. The van der Waals surface area contributed by atoms with Gasteiger partial charge in [0, 0.05) is 6.42 Å². The van der Waals surface area contributed by atoms with E-state index in [1.807, 2.05) is 13.8 Å². The van der Waals surface area contributed by atoms with Gasteiger partial charge in [0.1, 0.15) is 0 Å². The zero-order valence-electron chi connectivity index (χ0n) is 9.41. The molecule has 0 saturated heterocycles. The van der Waals surface area contributed by atoms with Crippen molar-refractivity contribution in [3.8, 4) is 0 Å². The molecule has 1 aromatic carbocycles. The molecule has 1 atom stereocenters. The molecule has 82 valence electrons. The molecule has 0 radical (unpaired) electrons. The lowest BCUT2D eigenvalue weighted by Crippen LogP contribution is -2.23. The summed E-state index contributed by atoms with van der Waals surface area (Å²) in [4.78, 5) is 15.8. The van der Waals surface area contributed by atoms with Crippen LogP contribution in [0.4, 0.5) is 0 Å². The van der Waals surface area contributed by atoms with Gasteiger partial charge in [0.05, 0.1) is 7.11 Å². The summed E-state index contributed by atoms with van der Waals surface area (Å²) in [5.41, 5.74) is 4.72. The molecular formula is C12H17NO2. The van der Waals surface area contributed by atoms with E-state index < -0.39 is 0 Å². The average molecular weight is 207 g/mol. The number of carbonyl (C=O) groups is 1. The first-order valence-corrected chi connectivity index (χ1v) is 5.02. The Hall–Kier alpha value is -1.35. The first kappa shape index (κ1) is 11.7. The largest absolute Gasteiger partial charge is 0.277 e. The van der Waals surface area contributed by atoms with Crippen molar-refractivity contribution in [2.75, 3.05) is 7.11 Å². The SMILES string of the molecule is CONC(=O)CC(C)c1ccc(C)cc1. The van der Waals surface area contributed by atoms with Crippen LogP contribution in [0.15, 0.2) is 24.3 Å². The summed E-state index contributed by atoms with van der Waals surface area (Å²) >= 11 is 0. The maximum Gasteiger partial charge on any atom is 0.244 e. The minimum Gasteiger partial charge on any atom is -0.277 e. The molecule has 0 fully saturated rings. The summed E-state index contributed by atoms with van der Waals surface area (Å²) < 4.78 is 0. The smallest absolute Gasteiger partial charge is 0.244 e. The predicted octanol–water partition coefficient (Wildman–Crippen LogP) is 2.17. The van der Waals surface area contributed by atoms with Crippen LogP contribution in [0.2, 0.25) is 0 Å². The van der Waals surface area contributed by atoms with E-state index in [2.05, 4.69) is 34.6 Å². The quantitative estimate of drug-likeness (QED) is 0.768. The summed E-state index contributed by atoms with van der Waals surface area (Å²) in [5, 5.41) is 0. The van der Waals surface area contributed by atoms with E-state index in [4.69, 9.17) is 0 Å². The van der Waals surface area contributed by atoms with Gasteiger partial charge in [0.2, 0.25) is 5.91 Å². The van der Waals surface area contributed by atoms with Crippen LogP contribution in [0.5, 0.6) is 0 Å². The molecule has 1 aromatic rings. The second-order valence-corrected chi connectivity index (χ2v) is 3.75. The van der Waals surface area contributed by atoms with Crippen molar-refractivity contribution in [1.29, 1.82) is 0 Å². The fraction of sp³-hybridized carbons (Fsp3) is 0.417. The molecule has 0 aliphatic heterocycles. The minimum atomic E-state index is -0.0921.